The van der Waals surface area contributed by atoms with E-state index in [1.807, 2.05) is 0 Å². The number of aliphatic hydroxyl groups is 2. The largest absolute Gasteiger partial charge is 0.504 e. The highest BCUT2D eigenvalue weighted by atomic mass is 16.5. The van der Waals surface area contributed by atoms with Crippen molar-refractivity contribution < 1.29 is 50.4 Å². The highest BCUT2D eigenvalue weighted by Gasteiger charge is 2.59. The summed E-state index contributed by atoms with van der Waals surface area (Å²) in [7, 11) is 0. The molecule has 2 atom stereocenters. The highest BCUT2D eigenvalue weighted by Crippen LogP contribution is 2.33. The number of carboxylic acid groups (broad SMARTS) is 2. The maximum Gasteiger partial charge on any atom is 0.339 e. The van der Waals surface area contributed by atoms with E-state index in [0.717, 1.165) is 24.3 Å². The normalized spacial score (nSPS) is 15.4. The molecule has 0 fully saturated rings. The van der Waals surface area contributed by atoms with E-state index >= 15 is 0 Å². The second-order valence-electron chi connectivity index (χ2n) is 7.04. The van der Waals surface area contributed by atoms with Gasteiger partial charge in [-0.05, 0) is 35.4 Å². The van der Waals surface area contributed by atoms with E-state index in [1.54, 1.807) is 0 Å². The Kier molecular flexibility index (Phi) is 7.14. The number of aromatic hydroxyl groups is 4. The van der Waals surface area contributed by atoms with E-state index in [0.29, 0.717) is 11.1 Å². The number of hydrogen-bond donors (Lipinski definition) is 8. The van der Waals surface area contributed by atoms with Crippen LogP contribution in [0.4, 0.5) is 0 Å². The highest BCUT2D eigenvalue weighted by molar-refractivity contribution is 5.91. The minimum atomic E-state index is -3.13. The molecule has 0 heterocycles. The Balaban J connectivity index is 2.29. The molecule has 2 unspecified atom stereocenters. The zero-order chi connectivity index (χ0) is 24.1. The molecule has 0 aromatic heterocycles. The minimum absolute atomic E-state index is 0.318. The van der Waals surface area contributed by atoms with Crippen molar-refractivity contribution in [2.45, 2.75) is 24.0 Å². The monoisotopic (exact) mass is 446 g/mol. The number of phenols is 4. The van der Waals surface area contributed by atoms with Crippen LogP contribution in [0.1, 0.15) is 24.0 Å². The van der Waals surface area contributed by atoms with Crippen LogP contribution in [0.3, 0.4) is 0 Å². The van der Waals surface area contributed by atoms with Crippen LogP contribution >= 0.6 is 0 Å². The second-order valence-corrected chi connectivity index (χ2v) is 7.04. The first-order valence-electron chi connectivity index (χ1n) is 9.19. The van der Waals surface area contributed by atoms with Gasteiger partial charge in [0.15, 0.2) is 23.0 Å². The molecular weight excluding hydrogens is 424 g/mol. The van der Waals surface area contributed by atoms with Gasteiger partial charge in [0, 0.05) is 12.8 Å². The molecule has 2 aromatic rings. The van der Waals surface area contributed by atoms with Crippen LogP contribution in [0.5, 0.6) is 23.0 Å². The van der Waals surface area contributed by atoms with Gasteiger partial charge in [-0.15, -0.1) is 0 Å². The molecule has 0 aliphatic heterocycles. The molecule has 0 bridgehead atoms. The summed E-state index contributed by atoms with van der Waals surface area (Å²) in [5.74, 6) is -5.58. The van der Waals surface area contributed by atoms with Gasteiger partial charge in [-0.25, -0.2) is 9.59 Å². The van der Waals surface area contributed by atoms with Gasteiger partial charge in [0.25, 0.3) is 0 Å². The fraction of sp³-hybridized carbons (Fsp3) is 0.182. The lowest BCUT2D eigenvalue weighted by atomic mass is 9.77. The lowest BCUT2D eigenvalue weighted by molar-refractivity contribution is -0.205. The van der Waals surface area contributed by atoms with Crippen LogP contribution in [0.25, 0.3) is 12.2 Å². The first kappa shape index (κ1) is 24.3. The van der Waals surface area contributed by atoms with Crippen LogP contribution in [0.15, 0.2) is 48.6 Å². The van der Waals surface area contributed by atoms with Crippen molar-refractivity contribution >= 4 is 24.1 Å². The molecule has 0 aliphatic rings. The fourth-order valence-electron chi connectivity index (χ4n) is 2.89. The first-order chi connectivity index (χ1) is 14.9. The van der Waals surface area contributed by atoms with Crippen molar-refractivity contribution in [1.82, 2.24) is 0 Å². The van der Waals surface area contributed by atoms with Crippen molar-refractivity contribution in [2.75, 3.05) is 0 Å². The number of carboxylic acids is 2. The summed E-state index contributed by atoms with van der Waals surface area (Å²) < 4.78 is 0. The predicted molar refractivity (Wildman–Crippen MR) is 112 cm³/mol. The van der Waals surface area contributed by atoms with E-state index in [1.165, 1.54) is 36.4 Å². The summed E-state index contributed by atoms with van der Waals surface area (Å²) in [5.41, 5.74) is -5.62. The number of phenolic OH excluding ortho intramolecular Hbond substituents is 4. The third-order valence-corrected chi connectivity index (χ3v) is 4.84. The topological polar surface area (TPSA) is 196 Å². The van der Waals surface area contributed by atoms with Gasteiger partial charge in [0.05, 0.1) is 0 Å². The van der Waals surface area contributed by atoms with Gasteiger partial charge in [-0.3, -0.25) is 0 Å². The van der Waals surface area contributed by atoms with E-state index in [-0.39, 0.29) is 11.5 Å². The Morgan fingerprint density at radius 3 is 1.28 bits per heavy atom. The third kappa shape index (κ3) is 4.99. The standard InChI is InChI=1S/C22H22O10/c23-15-7-5-13(11-17(15)25)3-1-9-21(31,19(27)28)22(32,20(29)30)10-2-4-14-6-8-16(24)18(26)12-14/h1-8,11-12,23-26,31-32H,9-10H2,(H,27,28)(H,29,30)/b3-1+,4-2+. The molecule has 0 saturated carbocycles. The Morgan fingerprint density at radius 2 is 1.00 bits per heavy atom. The Labute approximate surface area is 181 Å². The quantitative estimate of drug-likeness (QED) is 0.262. The molecule has 10 nitrogen and oxygen atoms in total. The van der Waals surface area contributed by atoms with Crippen molar-refractivity contribution in [3.05, 3.63) is 59.7 Å². The smallest absolute Gasteiger partial charge is 0.339 e. The molecule has 2 aromatic carbocycles. The van der Waals surface area contributed by atoms with Crippen molar-refractivity contribution in [2.24, 2.45) is 0 Å². The van der Waals surface area contributed by atoms with Gasteiger partial charge >= 0.3 is 11.9 Å². The van der Waals surface area contributed by atoms with Crippen LogP contribution < -0.4 is 0 Å². The fourth-order valence-corrected chi connectivity index (χ4v) is 2.89. The molecule has 0 radical (unpaired) electrons. The summed E-state index contributed by atoms with van der Waals surface area (Å²) in [6, 6.07) is 7.43. The summed E-state index contributed by atoms with van der Waals surface area (Å²) in [4.78, 5) is 23.5. The number of aliphatic carboxylic acids is 2. The predicted octanol–water partition coefficient (Wildman–Crippen LogP) is 1.65. The minimum Gasteiger partial charge on any atom is -0.504 e. The average Bonchev–Trinajstić information content (AvgIpc) is 2.72. The molecule has 0 saturated heterocycles. The molecule has 2 rings (SSSR count). The van der Waals surface area contributed by atoms with Crippen molar-refractivity contribution in [3.63, 3.8) is 0 Å². The Hall–Kier alpha value is -4.02. The summed E-state index contributed by atoms with van der Waals surface area (Å²) in [5, 5.41) is 77.9. The summed E-state index contributed by atoms with van der Waals surface area (Å²) in [6.07, 6.45) is 3.14. The van der Waals surface area contributed by atoms with E-state index in [9.17, 15) is 50.4 Å². The summed E-state index contributed by atoms with van der Waals surface area (Å²) >= 11 is 0. The van der Waals surface area contributed by atoms with E-state index in [2.05, 4.69) is 0 Å². The SMILES string of the molecule is O=C(O)C(O)(C/C=C/c1ccc(O)c(O)c1)C(O)(C/C=C/c1ccc(O)c(O)c1)C(=O)O. The average molecular weight is 446 g/mol. The molecule has 0 amide bonds. The van der Waals surface area contributed by atoms with Crippen LogP contribution in [-0.2, 0) is 9.59 Å². The second kappa shape index (κ2) is 9.41. The lowest BCUT2D eigenvalue weighted by Gasteiger charge is -2.36. The van der Waals surface area contributed by atoms with Gasteiger partial charge in [-0.1, -0.05) is 36.4 Å². The van der Waals surface area contributed by atoms with Crippen LogP contribution in [-0.4, -0.2) is 64.0 Å². The number of carbonyl (C=O) groups is 2. The number of rotatable bonds is 9. The Bertz CT molecular complexity index is 989. The third-order valence-electron chi connectivity index (χ3n) is 4.84. The number of benzene rings is 2. The number of hydrogen-bond acceptors (Lipinski definition) is 8. The zero-order valence-corrected chi connectivity index (χ0v) is 16.6. The maximum atomic E-state index is 11.8. The zero-order valence-electron chi connectivity index (χ0n) is 16.6. The molecule has 10 heteroatoms. The van der Waals surface area contributed by atoms with Gasteiger partial charge < -0.3 is 40.9 Å². The van der Waals surface area contributed by atoms with E-state index in [4.69, 9.17) is 0 Å². The van der Waals surface area contributed by atoms with Gasteiger partial charge in [0.2, 0.25) is 11.2 Å². The first-order valence-corrected chi connectivity index (χ1v) is 9.19. The van der Waals surface area contributed by atoms with Crippen molar-refractivity contribution in [1.29, 1.82) is 0 Å². The van der Waals surface area contributed by atoms with Gasteiger partial charge in [0.1, 0.15) is 0 Å². The van der Waals surface area contributed by atoms with Crippen LogP contribution in [0.2, 0.25) is 0 Å². The Morgan fingerprint density at radius 1 is 0.656 bits per heavy atom. The molecule has 32 heavy (non-hydrogen) atoms. The maximum absolute atomic E-state index is 11.8. The molecule has 0 spiro atoms. The molecular formula is C22H22O10. The lowest BCUT2D eigenvalue weighted by Crippen LogP contribution is -2.63. The molecule has 8 N–H and O–H groups in total. The molecule has 170 valence electrons. The van der Waals surface area contributed by atoms with E-state index < -0.39 is 47.5 Å². The molecule has 0 aliphatic carbocycles. The van der Waals surface area contributed by atoms with Crippen molar-refractivity contribution in [3.8, 4) is 23.0 Å². The summed E-state index contributed by atoms with van der Waals surface area (Å²) in [6.45, 7) is 0. The van der Waals surface area contributed by atoms with Crippen LogP contribution in [0, 0.1) is 0 Å². The van der Waals surface area contributed by atoms with Gasteiger partial charge in [-0.2, -0.15) is 0 Å².